The van der Waals surface area contributed by atoms with Gasteiger partial charge in [-0.25, -0.2) is 4.79 Å². The highest BCUT2D eigenvalue weighted by atomic mass is 79.9. The number of rotatable bonds is 2. The van der Waals surface area contributed by atoms with Gasteiger partial charge in [0.15, 0.2) is 0 Å². The number of urea groups is 1. The third kappa shape index (κ3) is 3.07. The number of likely N-dealkylation sites (tertiary alicyclic amines) is 1. The van der Waals surface area contributed by atoms with E-state index in [4.69, 9.17) is 0 Å². The molecule has 4 rings (SSSR count). The maximum Gasteiger partial charge on any atom is 0.322 e. The minimum atomic E-state index is 0.0123. The molecule has 1 aromatic carbocycles. The lowest BCUT2D eigenvalue weighted by Gasteiger charge is -2.43. The Balaban J connectivity index is 1.45. The monoisotopic (exact) mass is 392 g/mol. The van der Waals surface area contributed by atoms with E-state index in [2.05, 4.69) is 39.0 Å². The molecule has 0 aromatic heterocycles. The van der Waals surface area contributed by atoms with Crippen molar-refractivity contribution in [3.8, 4) is 0 Å². The number of nitrogens with one attached hydrogen (secondary N) is 3. The van der Waals surface area contributed by atoms with Crippen LogP contribution in [0, 0.1) is 11.8 Å². The Bertz CT molecular complexity index is 621. The van der Waals surface area contributed by atoms with E-state index < -0.39 is 0 Å². The molecule has 1 aromatic rings. The van der Waals surface area contributed by atoms with Gasteiger partial charge in [0.1, 0.15) is 0 Å². The maximum absolute atomic E-state index is 12.8. The highest BCUT2D eigenvalue weighted by Crippen LogP contribution is 2.38. The van der Waals surface area contributed by atoms with Crippen molar-refractivity contribution in [1.82, 2.24) is 15.8 Å². The fourth-order valence-electron chi connectivity index (χ4n) is 4.35. The van der Waals surface area contributed by atoms with E-state index in [9.17, 15) is 4.79 Å². The van der Waals surface area contributed by atoms with Gasteiger partial charge in [-0.15, -0.1) is 0 Å². The predicted octanol–water partition coefficient (Wildman–Crippen LogP) is 3.34. The molecule has 5 nitrogen and oxygen atoms in total. The molecular weight excluding hydrogens is 368 g/mol. The molecule has 4 unspecified atom stereocenters. The van der Waals surface area contributed by atoms with Crippen molar-refractivity contribution in [2.75, 3.05) is 11.9 Å². The van der Waals surface area contributed by atoms with Crippen LogP contribution in [0.4, 0.5) is 10.5 Å². The van der Waals surface area contributed by atoms with Crippen LogP contribution in [0.2, 0.25) is 0 Å². The molecule has 2 amide bonds. The molecule has 2 aliphatic heterocycles. The number of amides is 2. The summed E-state index contributed by atoms with van der Waals surface area (Å²) < 4.78 is 0.973. The topological polar surface area (TPSA) is 56.4 Å². The Morgan fingerprint density at radius 1 is 1.33 bits per heavy atom. The summed E-state index contributed by atoms with van der Waals surface area (Å²) in [5, 5.41) is 3.05. The molecule has 2 heterocycles. The van der Waals surface area contributed by atoms with E-state index >= 15 is 0 Å². The SMILES string of the molecule is CC1CC2NNC(C3CCC3)C2CN1C(=O)Nc1cccc(Br)c1. The summed E-state index contributed by atoms with van der Waals surface area (Å²) in [6, 6.07) is 9.01. The smallest absolute Gasteiger partial charge is 0.321 e. The Morgan fingerprint density at radius 2 is 2.17 bits per heavy atom. The lowest BCUT2D eigenvalue weighted by molar-refractivity contribution is 0.108. The van der Waals surface area contributed by atoms with Crippen LogP contribution in [-0.4, -0.2) is 35.6 Å². The van der Waals surface area contributed by atoms with Crippen molar-refractivity contribution in [2.24, 2.45) is 11.8 Å². The van der Waals surface area contributed by atoms with Crippen LogP contribution in [-0.2, 0) is 0 Å². The number of fused-ring (bicyclic) bond motifs is 1. The number of benzene rings is 1. The molecule has 3 aliphatic rings. The van der Waals surface area contributed by atoms with Gasteiger partial charge >= 0.3 is 6.03 Å². The predicted molar refractivity (Wildman–Crippen MR) is 98.6 cm³/mol. The number of hydrazine groups is 1. The fraction of sp³-hybridized carbons (Fsp3) is 0.611. The number of anilines is 1. The van der Waals surface area contributed by atoms with Gasteiger partial charge in [-0.2, -0.15) is 0 Å². The summed E-state index contributed by atoms with van der Waals surface area (Å²) in [5.41, 5.74) is 7.85. The van der Waals surface area contributed by atoms with Crippen LogP contribution >= 0.6 is 15.9 Å². The second-order valence-electron chi connectivity index (χ2n) is 7.45. The molecule has 1 saturated carbocycles. The molecule has 4 atom stereocenters. The molecule has 0 radical (unpaired) electrons. The summed E-state index contributed by atoms with van der Waals surface area (Å²) in [5.74, 6) is 1.29. The van der Waals surface area contributed by atoms with Crippen LogP contribution < -0.4 is 16.2 Å². The van der Waals surface area contributed by atoms with E-state index in [0.717, 1.165) is 29.0 Å². The van der Waals surface area contributed by atoms with Gasteiger partial charge in [0.25, 0.3) is 0 Å². The second kappa shape index (κ2) is 6.65. The molecule has 6 heteroatoms. The van der Waals surface area contributed by atoms with Crippen LogP contribution in [0.5, 0.6) is 0 Å². The first-order valence-electron chi connectivity index (χ1n) is 8.96. The van der Waals surface area contributed by atoms with Crippen LogP contribution in [0.15, 0.2) is 28.7 Å². The second-order valence-corrected chi connectivity index (χ2v) is 8.37. The lowest BCUT2D eigenvalue weighted by Crippen LogP contribution is -2.55. The van der Waals surface area contributed by atoms with E-state index in [-0.39, 0.29) is 12.1 Å². The van der Waals surface area contributed by atoms with Crippen LogP contribution in [0.25, 0.3) is 0 Å². The minimum Gasteiger partial charge on any atom is -0.321 e. The average Bonchev–Trinajstić information content (AvgIpc) is 2.87. The van der Waals surface area contributed by atoms with Gasteiger partial charge in [-0.1, -0.05) is 28.4 Å². The normalized spacial score (nSPS) is 33.0. The van der Waals surface area contributed by atoms with Crippen molar-refractivity contribution < 1.29 is 4.79 Å². The van der Waals surface area contributed by atoms with Gasteiger partial charge < -0.3 is 10.2 Å². The lowest BCUT2D eigenvalue weighted by atomic mass is 9.72. The Hall–Kier alpha value is -1.11. The molecule has 24 heavy (non-hydrogen) atoms. The largest absolute Gasteiger partial charge is 0.322 e. The molecule has 2 saturated heterocycles. The van der Waals surface area contributed by atoms with E-state index in [1.807, 2.05) is 29.2 Å². The number of halogens is 1. The number of carbonyl (C=O) groups is 1. The first-order chi connectivity index (χ1) is 11.6. The highest BCUT2D eigenvalue weighted by Gasteiger charge is 2.47. The number of hydrogen-bond donors (Lipinski definition) is 3. The molecular formula is C18H25BrN4O. The van der Waals surface area contributed by atoms with Crippen LogP contribution in [0.1, 0.15) is 32.6 Å². The zero-order valence-electron chi connectivity index (χ0n) is 14.0. The molecule has 130 valence electrons. The summed E-state index contributed by atoms with van der Waals surface area (Å²) >= 11 is 3.45. The van der Waals surface area contributed by atoms with Gasteiger partial charge in [0.2, 0.25) is 0 Å². The fourth-order valence-corrected chi connectivity index (χ4v) is 4.75. The van der Waals surface area contributed by atoms with Crippen molar-refractivity contribution in [1.29, 1.82) is 0 Å². The molecule has 0 spiro atoms. The van der Waals surface area contributed by atoms with Gasteiger partial charge in [0, 0.05) is 40.7 Å². The molecule has 3 fully saturated rings. The van der Waals surface area contributed by atoms with E-state index in [1.165, 1.54) is 19.3 Å². The third-order valence-electron chi connectivity index (χ3n) is 5.94. The molecule has 1 aliphatic carbocycles. The summed E-state index contributed by atoms with van der Waals surface area (Å²) in [4.78, 5) is 14.8. The summed E-state index contributed by atoms with van der Waals surface area (Å²) in [7, 11) is 0. The zero-order valence-corrected chi connectivity index (χ0v) is 15.6. The molecule has 0 bridgehead atoms. The van der Waals surface area contributed by atoms with Gasteiger partial charge in [-0.3, -0.25) is 10.9 Å². The average molecular weight is 393 g/mol. The number of carbonyl (C=O) groups excluding carboxylic acids is 1. The van der Waals surface area contributed by atoms with Crippen molar-refractivity contribution in [2.45, 2.75) is 50.7 Å². The van der Waals surface area contributed by atoms with E-state index in [0.29, 0.717) is 18.0 Å². The number of nitrogens with zero attached hydrogens (tertiary/aromatic N) is 1. The number of hydrogen-bond acceptors (Lipinski definition) is 3. The zero-order chi connectivity index (χ0) is 16.7. The van der Waals surface area contributed by atoms with Gasteiger partial charge in [-0.05, 0) is 50.3 Å². The summed E-state index contributed by atoms with van der Waals surface area (Å²) in [6.07, 6.45) is 5.00. The van der Waals surface area contributed by atoms with Crippen LogP contribution in [0.3, 0.4) is 0 Å². The van der Waals surface area contributed by atoms with Crippen molar-refractivity contribution in [3.05, 3.63) is 28.7 Å². The Morgan fingerprint density at radius 3 is 2.88 bits per heavy atom. The summed E-state index contributed by atoms with van der Waals surface area (Å²) in [6.45, 7) is 2.97. The first kappa shape index (κ1) is 16.4. The maximum atomic E-state index is 12.8. The van der Waals surface area contributed by atoms with Crippen molar-refractivity contribution in [3.63, 3.8) is 0 Å². The highest BCUT2D eigenvalue weighted by molar-refractivity contribution is 9.10. The van der Waals surface area contributed by atoms with E-state index in [1.54, 1.807) is 0 Å². The Labute approximate surface area is 151 Å². The Kier molecular flexibility index (Phi) is 4.54. The molecule has 3 N–H and O–H groups in total. The first-order valence-corrected chi connectivity index (χ1v) is 9.75. The number of piperidine rings is 1. The van der Waals surface area contributed by atoms with Gasteiger partial charge in [0.05, 0.1) is 0 Å². The standard InChI is InChI=1S/C18H25BrN4O/c1-11-8-16-15(17(22-21-16)12-4-2-5-12)10-23(11)18(24)20-14-7-3-6-13(19)9-14/h3,6-7,9,11-12,15-17,21-22H,2,4-5,8,10H2,1H3,(H,20,24). The quantitative estimate of drug-likeness (QED) is 0.723. The third-order valence-corrected chi connectivity index (χ3v) is 6.44. The van der Waals surface area contributed by atoms with Crippen molar-refractivity contribution >= 4 is 27.6 Å². The minimum absolute atomic E-state index is 0.0123.